The molecule has 0 saturated heterocycles. The van der Waals surface area contributed by atoms with Crippen LogP contribution in [-0.2, 0) is 4.79 Å². The first-order chi connectivity index (χ1) is 4.61. The molecule has 0 aromatic carbocycles. The minimum Gasteiger partial charge on any atom is -0.481 e. The zero-order valence-electron chi connectivity index (χ0n) is 6.13. The van der Waals surface area contributed by atoms with Crippen LogP contribution in [-0.4, -0.2) is 11.1 Å². The Morgan fingerprint density at radius 2 is 2.30 bits per heavy atom. The van der Waals surface area contributed by atoms with E-state index >= 15 is 0 Å². The fourth-order valence-electron chi connectivity index (χ4n) is 1.11. The number of carbonyl (C=O) groups is 1. The lowest BCUT2D eigenvalue weighted by Crippen LogP contribution is -2.26. The molecule has 0 aliphatic heterocycles. The molecular weight excluding hydrogens is 128 g/mol. The standard InChI is InChI=1S/C8H12O2/c1-3-8(2,7(9)10)6-4-5-6/h3,6H,1,4-5H2,2H3,(H,9,10). The highest BCUT2D eigenvalue weighted by molar-refractivity contribution is 5.77. The maximum absolute atomic E-state index is 10.7. The van der Waals surface area contributed by atoms with Gasteiger partial charge in [0.15, 0.2) is 0 Å². The Bertz CT molecular complexity index is 170. The smallest absolute Gasteiger partial charge is 0.313 e. The summed E-state index contributed by atoms with van der Waals surface area (Å²) in [6.07, 6.45) is 3.62. The molecule has 0 radical (unpaired) electrons. The van der Waals surface area contributed by atoms with Crippen LogP contribution < -0.4 is 0 Å². The van der Waals surface area contributed by atoms with Crippen molar-refractivity contribution in [1.29, 1.82) is 0 Å². The van der Waals surface area contributed by atoms with Gasteiger partial charge in [-0.3, -0.25) is 4.79 Å². The summed E-state index contributed by atoms with van der Waals surface area (Å²) in [4.78, 5) is 10.7. The normalized spacial score (nSPS) is 23.3. The van der Waals surface area contributed by atoms with Crippen LogP contribution in [0.2, 0.25) is 0 Å². The first-order valence-corrected chi connectivity index (χ1v) is 3.48. The van der Waals surface area contributed by atoms with E-state index in [4.69, 9.17) is 5.11 Å². The zero-order chi connectivity index (χ0) is 7.78. The quantitative estimate of drug-likeness (QED) is 0.605. The van der Waals surface area contributed by atoms with Crippen molar-refractivity contribution in [1.82, 2.24) is 0 Å². The van der Waals surface area contributed by atoms with E-state index in [1.165, 1.54) is 0 Å². The summed E-state index contributed by atoms with van der Waals surface area (Å²) in [5, 5.41) is 8.77. The van der Waals surface area contributed by atoms with Crippen molar-refractivity contribution in [3.05, 3.63) is 12.7 Å². The highest BCUT2D eigenvalue weighted by Gasteiger charge is 2.44. The van der Waals surface area contributed by atoms with Gasteiger partial charge in [-0.05, 0) is 25.7 Å². The molecule has 0 spiro atoms. The number of hydrogen-bond donors (Lipinski definition) is 1. The van der Waals surface area contributed by atoms with Gasteiger partial charge >= 0.3 is 5.97 Å². The highest BCUT2D eigenvalue weighted by atomic mass is 16.4. The van der Waals surface area contributed by atoms with E-state index in [9.17, 15) is 4.79 Å². The second kappa shape index (κ2) is 2.11. The average Bonchev–Trinajstić information content (AvgIpc) is 2.67. The van der Waals surface area contributed by atoms with Gasteiger partial charge in [0, 0.05) is 0 Å². The summed E-state index contributed by atoms with van der Waals surface area (Å²) < 4.78 is 0. The Morgan fingerprint density at radius 3 is 2.40 bits per heavy atom. The van der Waals surface area contributed by atoms with Gasteiger partial charge in [-0.15, -0.1) is 6.58 Å². The van der Waals surface area contributed by atoms with Gasteiger partial charge in [-0.1, -0.05) is 6.08 Å². The van der Waals surface area contributed by atoms with Crippen molar-refractivity contribution in [2.45, 2.75) is 19.8 Å². The van der Waals surface area contributed by atoms with Crippen LogP contribution in [0.4, 0.5) is 0 Å². The summed E-state index contributed by atoms with van der Waals surface area (Å²) in [6.45, 7) is 5.27. The van der Waals surface area contributed by atoms with Gasteiger partial charge in [0.1, 0.15) is 0 Å². The number of carboxylic acid groups (broad SMARTS) is 1. The molecule has 1 N–H and O–H groups in total. The van der Waals surface area contributed by atoms with Crippen LogP contribution in [0.15, 0.2) is 12.7 Å². The molecule has 1 saturated carbocycles. The van der Waals surface area contributed by atoms with E-state index in [0.717, 1.165) is 12.8 Å². The maximum Gasteiger partial charge on any atom is 0.313 e. The molecule has 1 fully saturated rings. The Labute approximate surface area is 60.6 Å². The molecule has 10 heavy (non-hydrogen) atoms. The second-order valence-corrected chi connectivity index (χ2v) is 3.07. The van der Waals surface area contributed by atoms with Crippen LogP contribution in [0.3, 0.4) is 0 Å². The lowest BCUT2D eigenvalue weighted by molar-refractivity contribution is -0.146. The van der Waals surface area contributed by atoms with Gasteiger partial charge in [0.2, 0.25) is 0 Å². The molecule has 56 valence electrons. The van der Waals surface area contributed by atoms with Crippen molar-refractivity contribution in [3.63, 3.8) is 0 Å². The molecular formula is C8H12O2. The maximum atomic E-state index is 10.7. The summed E-state index contributed by atoms with van der Waals surface area (Å²) in [6, 6.07) is 0. The topological polar surface area (TPSA) is 37.3 Å². The summed E-state index contributed by atoms with van der Waals surface area (Å²) in [5.41, 5.74) is -0.667. The SMILES string of the molecule is C=CC(C)(C(=O)O)C1CC1. The number of carboxylic acids is 1. The number of rotatable bonds is 3. The Hall–Kier alpha value is -0.790. The van der Waals surface area contributed by atoms with Crippen molar-refractivity contribution < 1.29 is 9.90 Å². The lowest BCUT2D eigenvalue weighted by atomic mass is 9.85. The van der Waals surface area contributed by atoms with Gasteiger partial charge < -0.3 is 5.11 Å². The van der Waals surface area contributed by atoms with Crippen LogP contribution in [0.5, 0.6) is 0 Å². The van der Waals surface area contributed by atoms with Gasteiger partial charge in [-0.25, -0.2) is 0 Å². The third-order valence-electron chi connectivity index (χ3n) is 2.31. The van der Waals surface area contributed by atoms with Crippen molar-refractivity contribution in [2.75, 3.05) is 0 Å². The van der Waals surface area contributed by atoms with Crippen LogP contribution >= 0.6 is 0 Å². The monoisotopic (exact) mass is 140 g/mol. The Morgan fingerprint density at radius 1 is 1.80 bits per heavy atom. The predicted octanol–water partition coefficient (Wildman–Crippen LogP) is 1.67. The van der Waals surface area contributed by atoms with E-state index < -0.39 is 11.4 Å². The fraction of sp³-hybridized carbons (Fsp3) is 0.625. The van der Waals surface area contributed by atoms with Gasteiger partial charge in [0.05, 0.1) is 5.41 Å². The first kappa shape index (κ1) is 7.32. The van der Waals surface area contributed by atoms with E-state index in [0.29, 0.717) is 5.92 Å². The summed E-state index contributed by atoms with van der Waals surface area (Å²) >= 11 is 0. The Kier molecular flexibility index (Phi) is 1.55. The molecule has 0 amide bonds. The highest BCUT2D eigenvalue weighted by Crippen LogP contribution is 2.46. The lowest BCUT2D eigenvalue weighted by Gasteiger charge is -2.18. The van der Waals surface area contributed by atoms with Crippen molar-refractivity contribution in [2.24, 2.45) is 11.3 Å². The molecule has 0 heterocycles. The molecule has 2 nitrogen and oxygen atoms in total. The van der Waals surface area contributed by atoms with E-state index in [2.05, 4.69) is 6.58 Å². The molecule has 1 unspecified atom stereocenters. The largest absolute Gasteiger partial charge is 0.481 e. The molecule has 1 atom stereocenters. The summed E-state index contributed by atoms with van der Waals surface area (Å²) in [7, 11) is 0. The van der Waals surface area contributed by atoms with Crippen molar-refractivity contribution >= 4 is 5.97 Å². The minimum absolute atomic E-state index is 0.336. The molecule has 1 aliphatic rings. The number of aliphatic carboxylic acids is 1. The molecule has 2 heteroatoms. The molecule has 0 aromatic heterocycles. The van der Waals surface area contributed by atoms with E-state index in [-0.39, 0.29) is 0 Å². The zero-order valence-corrected chi connectivity index (χ0v) is 6.13. The Balaban J connectivity index is 2.74. The van der Waals surface area contributed by atoms with Crippen LogP contribution in [0.1, 0.15) is 19.8 Å². The second-order valence-electron chi connectivity index (χ2n) is 3.07. The van der Waals surface area contributed by atoms with Gasteiger partial charge in [-0.2, -0.15) is 0 Å². The summed E-state index contributed by atoms with van der Waals surface area (Å²) in [5.74, 6) is -0.410. The molecule has 1 aliphatic carbocycles. The van der Waals surface area contributed by atoms with Crippen LogP contribution in [0, 0.1) is 11.3 Å². The third kappa shape index (κ3) is 0.939. The number of hydrogen-bond acceptors (Lipinski definition) is 1. The molecule has 1 rings (SSSR count). The minimum atomic E-state index is -0.745. The third-order valence-corrected chi connectivity index (χ3v) is 2.31. The van der Waals surface area contributed by atoms with Crippen LogP contribution in [0.25, 0.3) is 0 Å². The van der Waals surface area contributed by atoms with E-state index in [1.54, 1.807) is 13.0 Å². The predicted molar refractivity (Wildman–Crippen MR) is 38.7 cm³/mol. The van der Waals surface area contributed by atoms with Crippen molar-refractivity contribution in [3.8, 4) is 0 Å². The molecule has 0 bridgehead atoms. The van der Waals surface area contributed by atoms with Gasteiger partial charge in [0.25, 0.3) is 0 Å². The first-order valence-electron chi connectivity index (χ1n) is 3.48. The average molecular weight is 140 g/mol. The molecule has 0 aromatic rings. The van der Waals surface area contributed by atoms with E-state index in [1.807, 2.05) is 0 Å². The fourth-order valence-corrected chi connectivity index (χ4v) is 1.11.